The van der Waals surface area contributed by atoms with Crippen LogP contribution in [0.4, 0.5) is 9.18 Å². The Bertz CT molecular complexity index is 707. The number of cyclic esters (lactones) is 1. The first-order chi connectivity index (χ1) is 12.0. The van der Waals surface area contributed by atoms with Gasteiger partial charge in [-0.25, -0.2) is 9.18 Å². The van der Waals surface area contributed by atoms with Crippen molar-refractivity contribution in [3.63, 3.8) is 0 Å². The van der Waals surface area contributed by atoms with Gasteiger partial charge in [0.1, 0.15) is 12.4 Å². The molecule has 0 radical (unpaired) electrons. The molecule has 0 bridgehead atoms. The fraction of sp³-hybridized carbons (Fsp3) is 0.579. The van der Waals surface area contributed by atoms with Gasteiger partial charge in [0.2, 0.25) is 5.91 Å². The van der Waals surface area contributed by atoms with Crippen LogP contribution in [0.5, 0.6) is 0 Å². The highest BCUT2D eigenvalue weighted by Gasteiger charge is 2.53. The first kappa shape index (κ1) is 16.4. The Hall–Kier alpha value is -2.11. The van der Waals surface area contributed by atoms with Gasteiger partial charge in [-0.15, -0.1) is 0 Å². The van der Waals surface area contributed by atoms with Crippen molar-refractivity contribution in [3.05, 3.63) is 35.1 Å². The summed E-state index contributed by atoms with van der Waals surface area (Å²) in [5.41, 5.74) is 1.14. The lowest BCUT2D eigenvalue weighted by atomic mass is 9.68. The molecular weight excluding hydrogens is 323 g/mol. The van der Waals surface area contributed by atoms with E-state index < -0.39 is 0 Å². The van der Waals surface area contributed by atoms with Gasteiger partial charge in [0.05, 0.1) is 5.54 Å². The Balaban J connectivity index is 1.32. The lowest BCUT2D eigenvalue weighted by Gasteiger charge is -2.45. The number of likely N-dealkylation sites (tertiary alicyclic amines) is 1. The molecule has 134 valence electrons. The average molecular weight is 346 g/mol. The number of ether oxygens (including phenoxy) is 1. The minimum Gasteiger partial charge on any atom is -0.447 e. The van der Waals surface area contributed by atoms with Crippen LogP contribution >= 0.6 is 0 Å². The number of nitrogens with one attached hydrogen (secondary N) is 1. The molecule has 25 heavy (non-hydrogen) atoms. The molecule has 6 heteroatoms. The summed E-state index contributed by atoms with van der Waals surface area (Å²) in [6.07, 6.45) is 2.52. The lowest BCUT2D eigenvalue weighted by Crippen LogP contribution is -2.58. The van der Waals surface area contributed by atoms with Gasteiger partial charge >= 0.3 is 6.09 Å². The van der Waals surface area contributed by atoms with Crippen LogP contribution in [0, 0.1) is 18.7 Å². The zero-order valence-electron chi connectivity index (χ0n) is 14.4. The van der Waals surface area contributed by atoms with Gasteiger partial charge in [-0.3, -0.25) is 4.79 Å². The van der Waals surface area contributed by atoms with E-state index in [2.05, 4.69) is 5.32 Å². The Labute approximate surface area is 146 Å². The molecule has 4 rings (SSSR count). The number of piperidine rings is 1. The van der Waals surface area contributed by atoms with E-state index in [-0.39, 0.29) is 35.2 Å². The SMILES string of the molecule is Cc1cccc(C2CCN(C(=O)[C@H]3C[C@]4(COC(=O)N4)C3)CC2)c1F. The molecule has 1 spiro atoms. The van der Waals surface area contributed by atoms with Gasteiger partial charge < -0.3 is 15.0 Å². The van der Waals surface area contributed by atoms with E-state index >= 15 is 0 Å². The Morgan fingerprint density at radius 3 is 2.68 bits per heavy atom. The van der Waals surface area contributed by atoms with Gasteiger partial charge in [0.15, 0.2) is 0 Å². The van der Waals surface area contributed by atoms with E-state index in [0.29, 0.717) is 38.1 Å². The van der Waals surface area contributed by atoms with E-state index in [1.807, 2.05) is 17.0 Å². The fourth-order valence-corrected chi connectivity index (χ4v) is 4.42. The Morgan fingerprint density at radius 2 is 2.04 bits per heavy atom. The molecule has 1 aliphatic carbocycles. The van der Waals surface area contributed by atoms with Gasteiger partial charge in [-0.2, -0.15) is 0 Å². The lowest BCUT2D eigenvalue weighted by molar-refractivity contribution is -0.142. The third kappa shape index (κ3) is 2.87. The van der Waals surface area contributed by atoms with Crippen molar-refractivity contribution in [2.45, 2.75) is 44.1 Å². The average Bonchev–Trinajstić information content (AvgIpc) is 2.98. The molecular formula is C19H23FN2O3. The number of hydrogen-bond donors (Lipinski definition) is 1. The highest BCUT2D eigenvalue weighted by atomic mass is 19.1. The third-order valence-electron chi connectivity index (χ3n) is 5.94. The zero-order valence-corrected chi connectivity index (χ0v) is 14.4. The minimum atomic E-state index is -0.383. The predicted molar refractivity (Wildman–Crippen MR) is 89.6 cm³/mol. The van der Waals surface area contributed by atoms with Crippen LogP contribution in [0.15, 0.2) is 18.2 Å². The number of amides is 2. The highest BCUT2D eigenvalue weighted by Crippen LogP contribution is 2.42. The van der Waals surface area contributed by atoms with E-state index in [1.54, 1.807) is 13.0 Å². The normalized spacial score (nSPS) is 29.3. The molecule has 1 aromatic rings. The van der Waals surface area contributed by atoms with E-state index in [0.717, 1.165) is 18.4 Å². The molecule has 1 saturated carbocycles. The van der Waals surface area contributed by atoms with Gasteiger partial charge in [0.25, 0.3) is 0 Å². The number of alkyl carbamates (subject to hydrolysis) is 1. The monoisotopic (exact) mass is 346 g/mol. The Morgan fingerprint density at radius 1 is 1.32 bits per heavy atom. The second-order valence-corrected chi connectivity index (χ2v) is 7.66. The van der Waals surface area contributed by atoms with E-state index in [9.17, 15) is 14.0 Å². The zero-order chi connectivity index (χ0) is 17.6. The highest BCUT2D eigenvalue weighted by molar-refractivity contribution is 5.81. The van der Waals surface area contributed by atoms with Crippen LogP contribution in [-0.2, 0) is 9.53 Å². The largest absolute Gasteiger partial charge is 0.447 e. The minimum absolute atomic E-state index is 0.0331. The second kappa shape index (κ2) is 6.00. The predicted octanol–water partition coefficient (Wildman–Crippen LogP) is 2.73. The summed E-state index contributed by atoms with van der Waals surface area (Å²) in [5.74, 6) is 0.202. The number of carbonyl (C=O) groups is 2. The number of nitrogens with zero attached hydrogens (tertiary/aromatic N) is 1. The van der Waals surface area contributed by atoms with Crippen LogP contribution in [0.2, 0.25) is 0 Å². The molecule has 5 nitrogen and oxygen atoms in total. The fourth-order valence-electron chi connectivity index (χ4n) is 4.42. The number of aryl methyl sites for hydroxylation is 1. The van der Waals surface area contributed by atoms with E-state index in [1.165, 1.54) is 0 Å². The van der Waals surface area contributed by atoms with Crippen molar-refractivity contribution in [3.8, 4) is 0 Å². The maximum absolute atomic E-state index is 14.3. The molecule has 0 unspecified atom stereocenters. The summed E-state index contributed by atoms with van der Waals surface area (Å²) in [7, 11) is 0. The standard InChI is InChI=1S/C19H23FN2O3/c1-12-3-2-4-15(16(12)20)13-5-7-22(8-6-13)17(23)14-9-19(10-14)11-25-18(24)21-19/h2-4,13-14H,5-11H2,1H3,(H,21,24)/t14-,19+. The van der Waals surface area contributed by atoms with Crippen LogP contribution in [-0.4, -0.2) is 42.1 Å². The molecule has 2 saturated heterocycles. The molecule has 3 fully saturated rings. The number of hydrogen-bond acceptors (Lipinski definition) is 3. The summed E-state index contributed by atoms with van der Waals surface area (Å²) in [6, 6.07) is 5.55. The summed E-state index contributed by atoms with van der Waals surface area (Å²) in [5, 5.41) is 2.82. The van der Waals surface area contributed by atoms with Gasteiger partial charge in [-0.05, 0) is 49.7 Å². The Kier molecular flexibility index (Phi) is 3.93. The van der Waals surface area contributed by atoms with Crippen molar-refractivity contribution in [1.82, 2.24) is 10.2 Å². The van der Waals surface area contributed by atoms with Gasteiger partial charge in [-0.1, -0.05) is 18.2 Å². The first-order valence-corrected chi connectivity index (χ1v) is 8.96. The van der Waals surface area contributed by atoms with Crippen molar-refractivity contribution in [2.75, 3.05) is 19.7 Å². The van der Waals surface area contributed by atoms with Crippen LogP contribution < -0.4 is 5.32 Å². The van der Waals surface area contributed by atoms with Crippen LogP contribution in [0.3, 0.4) is 0 Å². The van der Waals surface area contributed by atoms with Crippen molar-refractivity contribution < 1.29 is 18.7 Å². The quantitative estimate of drug-likeness (QED) is 0.896. The smallest absolute Gasteiger partial charge is 0.407 e. The van der Waals surface area contributed by atoms with Gasteiger partial charge in [0, 0.05) is 19.0 Å². The maximum atomic E-state index is 14.3. The second-order valence-electron chi connectivity index (χ2n) is 7.66. The summed E-state index contributed by atoms with van der Waals surface area (Å²) < 4.78 is 19.3. The molecule has 2 amide bonds. The molecule has 2 aliphatic heterocycles. The number of halogens is 1. The molecule has 0 aromatic heterocycles. The number of carbonyl (C=O) groups excluding carboxylic acids is 2. The van der Waals surface area contributed by atoms with Crippen molar-refractivity contribution >= 4 is 12.0 Å². The topological polar surface area (TPSA) is 58.6 Å². The number of rotatable bonds is 2. The van der Waals surface area contributed by atoms with Crippen LogP contribution in [0.25, 0.3) is 0 Å². The molecule has 2 heterocycles. The molecule has 0 atom stereocenters. The molecule has 1 N–H and O–H groups in total. The van der Waals surface area contributed by atoms with E-state index in [4.69, 9.17) is 4.74 Å². The first-order valence-electron chi connectivity index (χ1n) is 8.96. The van der Waals surface area contributed by atoms with Crippen LogP contribution in [0.1, 0.15) is 42.7 Å². The molecule has 1 aromatic carbocycles. The third-order valence-corrected chi connectivity index (χ3v) is 5.94. The van der Waals surface area contributed by atoms with Crippen molar-refractivity contribution in [2.24, 2.45) is 5.92 Å². The summed E-state index contributed by atoms with van der Waals surface area (Å²) >= 11 is 0. The maximum Gasteiger partial charge on any atom is 0.407 e. The summed E-state index contributed by atoms with van der Waals surface area (Å²) in [6.45, 7) is 3.49. The molecule has 3 aliphatic rings. The van der Waals surface area contributed by atoms with Crippen molar-refractivity contribution in [1.29, 1.82) is 0 Å². The number of benzene rings is 1. The summed E-state index contributed by atoms with van der Waals surface area (Å²) in [4.78, 5) is 25.8.